The molecule has 3 amide bonds. The Labute approximate surface area is 129 Å². The number of nitrogens with zero attached hydrogens (tertiary/aromatic N) is 2. The van der Waals surface area contributed by atoms with Gasteiger partial charge in [0.05, 0.1) is 5.92 Å². The van der Waals surface area contributed by atoms with E-state index in [0.29, 0.717) is 31.6 Å². The Morgan fingerprint density at radius 1 is 1.27 bits per heavy atom. The van der Waals surface area contributed by atoms with Crippen molar-refractivity contribution in [3.63, 3.8) is 0 Å². The fourth-order valence-corrected chi connectivity index (χ4v) is 2.92. The highest BCUT2D eigenvalue weighted by Gasteiger charge is 2.35. The lowest BCUT2D eigenvalue weighted by atomic mass is 9.98. The van der Waals surface area contributed by atoms with Gasteiger partial charge in [0.1, 0.15) is 0 Å². The Morgan fingerprint density at radius 3 is 2.68 bits per heavy atom. The summed E-state index contributed by atoms with van der Waals surface area (Å²) in [5, 5.41) is 2.60. The van der Waals surface area contributed by atoms with Crippen LogP contribution >= 0.6 is 0 Å². The monoisotopic (exact) mass is 301 g/mol. The zero-order chi connectivity index (χ0) is 15.7. The molecule has 1 aromatic carbocycles. The summed E-state index contributed by atoms with van der Waals surface area (Å²) in [4.78, 5) is 39.1. The number of likely N-dealkylation sites (tertiary alicyclic amines) is 1. The van der Waals surface area contributed by atoms with E-state index in [1.807, 2.05) is 6.07 Å². The second-order valence-corrected chi connectivity index (χ2v) is 5.72. The van der Waals surface area contributed by atoms with E-state index in [-0.39, 0.29) is 23.6 Å². The number of amides is 3. The molecular weight excluding hydrogens is 282 g/mol. The van der Waals surface area contributed by atoms with Crippen LogP contribution in [0.1, 0.15) is 23.2 Å². The van der Waals surface area contributed by atoms with E-state index < -0.39 is 0 Å². The minimum Gasteiger partial charge on any atom is -0.359 e. The SMILES string of the molecule is CNC(=O)C1CN(C(=O)c2cccc(N3CCCC3=O)c2)C1. The van der Waals surface area contributed by atoms with Gasteiger partial charge in [0, 0.05) is 44.4 Å². The molecule has 0 spiro atoms. The number of benzene rings is 1. The van der Waals surface area contributed by atoms with Crippen molar-refractivity contribution in [2.24, 2.45) is 5.92 Å². The molecule has 0 aromatic heterocycles. The minimum absolute atomic E-state index is 0.0273. The van der Waals surface area contributed by atoms with E-state index in [9.17, 15) is 14.4 Å². The van der Waals surface area contributed by atoms with Crippen molar-refractivity contribution in [1.29, 1.82) is 0 Å². The quantitative estimate of drug-likeness (QED) is 0.890. The minimum atomic E-state index is -0.114. The number of hydrogen-bond donors (Lipinski definition) is 1. The maximum Gasteiger partial charge on any atom is 0.253 e. The molecule has 0 saturated carbocycles. The van der Waals surface area contributed by atoms with Crippen LogP contribution in [0.15, 0.2) is 24.3 Å². The predicted molar refractivity (Wildman–Crippen MR) is 81.5 cm³/mol. The lowest BCUT2D eigenvalue weighted by molar-refractivity contribution is -0.128. The average molecular weight is 301 g/mol. The Kier molecular flexibility index (Phi) is 3.83. The van der Waals surface area contributed by atoms with Crippen LogP contribution in [-0.2, 0) is 9.59 Å². The van der Waals surface area contributed by atoms with Gasteiger partial charge in [-0.1, -0.05) is 6.07 Å². The van der Waals surface area contributed by atoms with E-state index in [2.05, 4.69) is 5.32 Å². The van der Waals surface area contributed by atoms with Crippen molar-refractivity contribution in [3.05, 3.63) is 29.8 Å². The third kappa shape index (κ3) is 2.56. The van der Waals surface area contributed by atoms with Gasteiger partial charge < -0.3 is 15.1 Å². The van der Waals surface area contributed by atoms with Gasteiger partial charge in [-0.05, 0) is 24.6 Å². The van der Waals surface area contributed by atoms with Crippen molar-refractivity contribution >= 4 is 23.4 Å². The number of hydrogen-bond acceptors (Lipinski definition) is 3. The van der Waals surface area contributed by atoms with E-state index in [4.69, 9.17) is 0 Å². The molecule has 6 nitrogen and oxygen atoms in total. The topological polar surface area (TPSA) is 69.7 Å². The Balaban J connectivity index is 1.69. The van der Waals surface area contributed by atoms with Crippen molar-refractivity contribution in [2.75, 3.05) is 31.6 Å². The van der Waals surface area contributed by atoms with E-state index in [0.717, 1.165) is 12.1 Å². The highest BCUT2D eigenvalue weighted by atomic mass is 16.2. The van der Waals surface area contributed by atoms with E-state index in [1.165, 1.54) is 0 Å². The summed E-state index contributed by atoms with van der Waals surface area (Å²) in [6.07, 6.45) is 1.43. The van der Waals surface area contributed by atoms with Gasteiger partial charge >= 0.3 is 0 Å². The maximum absolute atomic E-state index is 12.4. The molecule has 6 heteroatoms. The van der Waals surface area contributed by atoms with Crippen LogP contribution in [0, 0.1) is 5.92 Å². The van der Waals surface area contributed by atoms with Crippen LogP contribution in [0.3, 0.4) is 0 Å². The molecule has 0 aliphatic carbocycles. The van der Waals surface area contributed by atoms with Gasteiger partial charge in [-0.2, -0.15) is 0 Å². The zero-order valence-corrected chi connectivity index (χ0v) is 12.5. The van der Waals surface area contributed by atoms with Crippen LogP contribution < -0.4 is 10.2 Å². The molecule has 2 fully saturated rings. The van der Waals surface area contributed by atoms with Crippen LogP contribution in [0.2, 0.25) is 0 Å². The first-order chi connectivity index (χ1) is 10.6. The largest absolute Gasteiger partial charge is 0.359 e. The smallest absolute Gasteiger partial charge is 0.253 e. The Hall–Kier alpha value is -2.37. The lowest BCUT2D eigenvalue weighted by Gasteiger charge is -2.38. The molecule has 3 rings (SSSR count). The Bertz CT molecular complexity index is 623. The standard InChI is InChI=1S/C16H19N3O3/c1-17-15(21)12-9-18(10-12)16(22)11-4-2-5-13(8-11)19-7-3-6-14(19)20/h2,4-5,8,12H,3,6-7,9-10H2,1H3,(H,17,21). The molecule has 0 unspecified atom stereocenters. The van der Waals surface area contributed by atoms with Gasteiger partial charge in [0.2, 0.25) is 11.8 Å². The first-order valence-corrected chi connectivity index (χ1v) is 7.51. The van der Waals surface area contributed by atoms with E-state index >= 15 is 0 Å². The van der Waals surface area contributed by atoms with Crippen molar-refractivity contribution in [1.82, 2.24) is 10.2 Å². The maximum atomic E-state index is 12.4. The molecule has 2 saturated heterocycles. The van der Waals surface area contributed by atoms with E-state index in [1.54, 1.807) is 35.0 Å². The van der Waals surface area contributed by atoms with Crippen LogP contribution in [0.25, 0.3) is 0 Å². The Morgan fingerprint density at radius 2 is 2.05 bits per heavy atom. The molecule has 2 aliphatic rings. The van der Waals surface area contributed by atoms with Crippen molar-refractivity contribution in [2.45, 2.75) is 12.8 Å². The fourth-order valence-electron chi connectivity index (χ4n) is 2.92. The number of carbonyl (C=O) groups excluding carboxylic acids is 3. The summed E-state index contributed by atoms with van der Waals surface area (Å²) in [6, 6.07) is 7.16. The van der Waals surface area contributed by atoms with Crippen molar-refractivity contribution < 1.29 is 14.4 Å². The van der Waals surface area contributed by atoms with Crippen LogP contribution in [0.5, 0.6) is 0 Å². The number of anilines is 1. The second-order valence-electron chi connectivity index (χ2n) is 5.72. The predicted octanol–water partition coefficient (Wildman–Crippen LogP) is 0.631. The average Bonchev–Trinajstić information content (AvgIpc) is 2.91. The summed E-state index contributed by atoms with van der Waals surface area (Å²) in [7, 11) is 1.60. The summed E-state index contributed by atoms with van der Waals surface area (Å²) in [5.41, 5.74) is 1.34. The molecule has 2 aliphatic heterocycles. The zero-order valence-electron chi connectivity index (χ0n) is 12.5. The number of nitrogens with one attached hydrogen (secondary N) is 1. The summed E-state index contributed by atoms with van der Waals surface area (Å²) >= 11 is 0. The van der Waals surface area contributed by atoms with Crippen LogP contribution in [-0.4, -0.2) is 49.3 Å². The van der Waals surface area contributed by atoms with Gasteiger partial charge in [-0.3, -0.25) is 14.4 Å². The highest BCUT2D eigenvalue weighted by molar-refractivity contribution is 5.99. The molecule has 1 aromatic rings. The first-order valence-electron chi connectivity index (χ1n) is 7.51. The first kappa shape index (κ1) is 14.6. The van der Waals surface area contributed by atoms with Crippen LogP contribution in [0.4, 0.5) is 5.69 Å². The third-order valence-electron chi connectivity index (χ3n) is 4.26. The second kappa shape index (κ2) is 5.79. The molecular formula is C16H19N3O3. The molecule has 0 bridgehead atoms. The number of carbonyl (C=O) groups is 3. The molecule has 116 valence electrons. The summed E-state index contributed by atoms with van der Waals surface area (Å²) < 4.78 is 0. The normalized spacial score (nSPS) is 18.3. The van der Waals surface area contributed by atoms with Gasteiger partial charge in [0.25, 0.3) is 5.91 Å². The highest BCUT2D eigenvalue weighted by Crippen LogP contribution is 2.24. The molecule has 0 atom stereocenters. The molecule has 0 radical (unpaired) electrons. The van der Waals surface area contributed by atoms with Gasteiger partial charge in [0.15, 0.2) is 0 Å². The fraction of sp³-hybridized carbons (Fsp3) is 0.438. The molecule has 1 N–H and O–H groups in total. The summed E-state index contributed by atoms with van der Waals surface area (Å²) in [5.74, 6) is -0.125. The third-order valence-corrected chi connectivity index (χ3v) is 4.26. The van der Waals surface area contributed by atoms with Crippen molar-refractivity contribution in [3.8, 4) is 0 Å². The number of rotatable bonds is 3. The van der Waals surface area contributed by atoms with Gasteiger partial charge in [-0.25, -0.2) is 0 Å². The molecule has 22 heavy (non-hydrogen) atoms. The molecule has 2 heterocycles. The lowest BCUT2D eigenvalue weighted by Crippen LogP contribution is -2.55. The summed E-state index contributed by atoms with van der Waals surface area (Å²) in [6.45, 7) is 1.61. The van der Waals surface area contributed by atoms with Gasteiger partial charge in [-0.15, -0.1) is 0 Å².